The van der Waals surface area contributed by atoms with Crippen molar-refractivity contribution in [2.45, 2.75) is 44.1 Å². The number of piperidine rings is 1. The maximum Gasteiger partial charge on any atom is 0.293 e. The van der Waals surface area contributed by atoms with Gasteiger partial charge in [-0.1, -0.05) is 11.6 Å². The normalized spacial score (nSPS) is 21.2. The van der Waals surface area contributed by atoms with E-state index in [-0.39, 0.29) is 35.6 Å². The molecule has 2 aromatic carbocycles. The zero-order valence-electron chi connectivity index (χ0n) is 30.2. The molecule has 3 fully saturated rings. The lowest BCUT2D eigenvalue weighted by Crippen LogP contribution is -2.39. The number of aromatic nitrogens is 5. The molecule has 8 rings (SSSR count). The van der Waals surface area contributed by atoms with Gasteiger partial charge in [-0.25, -0.2) is 4.98 Å². The van der Waals surface area contributed by atoms with E-state index in [1.165, 1.54) is 11.6 Å². The number of ether oxygens (including phenoxy) is 1. The molecule has 2 aliphatic heterocycles. The molecule has 280 valence electrons. The second-order valence-corrected chi connectivity index (χ2v) is 14.8. The maximum absolute atomic E-state index is 12.8. The first-order chi connectivity index (χ1) is 26.0. The van der Waals surface area contributed by atoms with Gasteiger partial charge in [-0.2, -0.15) is 10.1 Å². The topological polar surface area (TPSA) is 177 Å². The average Bonchev–Trinajstić information content (AvgIpc) is 3.73. The molecule has 4 atom stereocenters. The average molecular weight is 753 g/mol. The van der Waals surface area contributed by atoms with Gasteiger partial charge in [0.05, 0.1) is 28.8 Å². The first-order valence-electron chi connectivity index (χ1n) is 18.1. The summed E-state index contributed by atoms with van der Waals surface area (Å²) in [6, 6.07) is 13.7. The molecule has 3 amide bonds. The molecule has 4 N–H and O–H groups in total. The second kappa shape index (κ2) is 14.3. The van der Waals surface area contributed by atoms with Crippen molar-refractivity contribution in [3.05, 3.63) is 69.7 Å². The molecule has 54 heavy (non-hydrogen) atoms. The van der Waals surface area contributed by atoms with Crippen molar-refractivity contribution in [3.63, 3.8) is 0 Å². The highest BCUT2D eigenvalue weighted by Crippen LogP contribution is 2.40. The van der Waals surface area contributed by atoms with E-state index in [4.69, 9.17) is 21.3 Å². The molecule has 2 saturated heterocycles. The summed E-state index contributed by atoms with van der Waals surface area (Å²) in [6.07, 6.45) is 5.54. The quantitative estimate of drug-likeness (QED) is 0.160. The van der Waals surface area contributed by atoms with Crippen LogP contribution < -0.4 is 36.5 Å². The van der Waals surface area contributed by atoms with E-state index in [9.17, 15) is 19.2 Å². The summed E-state index contributed by atoms with van der Waals surface area (Å²) in [5.74, 6) is 0.882. The van der Waals surface area contributed by atoms with E-state index >= 15 is 0 Å². The van der Waals surface area contributed by atoms with Crippen molar-refractivity contribution in [3.8, 4) is 5.75 Å². The third kappa shape index (κ3) is 6.79. The molecule has 4 unspecified atom stereocenters. The number of likely N-dealkylation sites (N-methyl/N-ethyl adjacent to an activating group) is 1. The Balaban J connectivity index is 0.934. The summed E-state index contributed by atoms with van der Waals surface area (Å²) < 4.78 is 8.81. The van der Waals surface area contributed by atoms with Gasteiger partial charge in [0.15, 0.2) is 18.2 Å². The highest BCUT2D eigenvalue weighted by molar-refractivity contribution is 6.33. The molecule has 3 aromatic heterocycles. The number of halogens is 1. The fourth-order valence-corrected chi connectivity index (χ4v) is 8.27. The first kappa shape index (κ1) is 35.3. The molecule has 1 aliphatic carbocycles. The van der Waals surface area contributed by atoms with Crippen molar-refractivity contribution in [2.24, 2.45) is 25.9 Å². The molecule has 5 aromatic rings. The fourth-order valence-electron chi connectivity index (χ4n) is 8.13. The SMILES string of the molecule is CNC(=O)COc1cc2cc(Nc3nc(N4CC5CCC(Nc6ccc7c(C8CCC(=O)NC8=O)nn(C)c7c6)CC5C4)ncc3Cl)ccc2n(C)c1=O. The lowest BCUT2D eigenvalue weighted by Gasteiger charge is -2.32. The molecule has 5 heterocycles. The van der Waals surface area contributed by atoms with Crippen molar-refractivity contribution in [1.29, 1.82) is 0 Å². The van der Waals surface area contributed by atoms with Crippen molar-refractivity contribution in [2.75, 3.05) is 42.3 Å². The van der Waals surface area contributed by atoms with Gasteiger partial charge in [0.1, 0.15) is 5.02 Å². The number of carbonyl (C=O) groups is 3. The monoisotopic (exact) mass is 752 g/mol. The number of amides is 3. The first-order valence-corrected chi connectivity index (χ1v) is 18.5. The largest absolute Gasteiger partial charge is 0.478 e. The van der Waals surface area contributed by atoms with E-state index in [1.807, 2.05) is 36.0 Å². The number of anilines is 4. The van der Waals surface area contributed by atoms with Gasteiger partial charge in [0, 0.05) is 68.8 Å². The number of benzene rings is 2. The van der Waals surface area contributed by atoms with Gasteiger partial charge >= 0.3 is 0 Å². The lowest BCUT2D eigenvalue weighted by atomic mass is 9.79. The Kier molecular flexibility index (Phi) is 9.34. The van der Waals surface area contributed by atoms with Crippen LogP contribution in [0.15, 0.2) is 53.5 Å². The third-order valence-corrected chi connectivity index (χ3v) is 11.3. The number of hydrogen-bond donors (Lipinski definition) is 4. The minimum Gasteiger partial charge on any atom is -0.478 e. The number of nitrogens with one attached hydrogen (secondary N) is 4. The van der Waals surface area contributed by atoms with Crippen LogP contribution >= 0.6 is 11.6 Å². The third-order valence-electron chi connectivity index (χ3n) is 11.0. The highest BCUT2D eigenvalue weighted by atomic mass is 35.5. The number of imide groups is 1. The Labute approximate surface area is 315 Å². The second-order valence-electron chi connectivity index (χ2n) is 14.4. The smallest absolute Gasteiger partial charge is 0.293 e. The molecule has 1 saturated carbocycles. The Hall–Kier alpha value is -5.70. The Morgan fingerprint density at radius 3 is 2.63 bits per heavy atom. The van der Waals surface area contributed by atoms with Crippen molar-refractivity contribution < 1.29 is 19.1 Å². The Morgan fingerprint density at radius 2 is 1.81 bits per heavy atom. The molecule has 15 nitrogen and oxygen atoms in total. The summed E-state index contributed by atoms with van der Waals surface area (Å²) in [5.41, 5.74) is 3.75. The van der Waals surface area contributed by atoms with Crippen LogP contribution in [0.5, 0.6) is 5.75 Å². The van der Waals surface area contributed by atoms with Gasteiger partial charge in [-0.3, -0.25) is 29.2 Å². The minimum absolute atomic E-state index is 0.0798. The minimum atomic E-state index is -0.434. The van der Waals surface area contributed by atoms with Crippen LogP contribution in [0.1, 0.15) is 43.7 Å². The van der Waals surface area contributed by atoms with Crippen LogP contribution in [0.3, 0.4) is 0 Å². The molecular weight excluding hydrogens is 712 g/mol. The summed E-state index contributed by atoms with van der Waals surface area (Å²) in [6.45, 7) is 1.44. The number of fused-ring (bicyclic) bond motifs is 3. The number of aryl methyl sites for hydroxylation is 2. The molecule has 16 heteroatoms. The fraction of sp³-hybridized carbons (Fsp3) is 0.395. The van der Waals surface area contributed by atoms with Crippen LogP contribution in [0.2, 0.25) is 5.02 Å². The van der Waals surface area contributed by atoms with Gasteiger partial charge in [0.2, 0.25) is 17.8 Å². The summed E-state index contributed by atoms with van der Waals surface area (Å²) in [7, 11) is 5.05. The van der Waals surface area contributed by atoms with Crippen molar-refractivity contribution >= 4 is 74.3 Å². The van der Waals surface area contributed by atoms with E-state index in [0.29, 0.717) is 64.4 Å². The van der Waals surface area contributed by atoms with Gasteiger partial charge in [-0.15, -0.1) is 0 Å². The maximum atomic E-state index is 12.8. The van der Waals surface area contributed by atoms with Crippen LogP contribution in [-0.2, 0) is 28.5 Å². The number of rotatable bonds is 9. The Morgan fingerprint density at radius 1 is 1.00 bits per heavy atom. The van der Waals surface area contributed by atoms with Gasteiger partial charge in [-0.05, 0) is 80.0 Å². The van der Waals surface area contributed by atoms with Crippen LogP contribution in [0, 0.1) is 11.8 Å². The number of hydrogen-bond acceptors (Lipinski definition) is 11. The zero-order chi connectivity index (χ0) is 37.7. The summed E-state index contributed by atoms with van der Waals surface area (Å²) >= 11 is 6.59. The predicted octanol–water partition coefficient (Wildman–Crippen LogP) is 3.97. The Bertz CT molecular complexity index is 2380. The highest BCUT2D eigenvalue weighted by Gasteiger charge is 2.39. The van der Waals surface area contributed by atoms with E-state index in [1.54, 1.807) is 19.3 Å². The van der Waals surface area contributed by atoms with E-state index in [0.717, 1.165) is 54.3 Å². The molecule has 3 aliphatic rings. The standard InChI is InChI=1S/C38H41ClN10O5/c1-40-33(51)19-54-31-14-21-12-24(7-10-29(21)47(2)37(31)53)43-35-28(39)16-41-38(45-35)49-17-20-4-5-23(13-22(20)18-49)42-25-6-8-26-30(15-25)48(3)46-34(26)27-9-11-32(50)44-36(27)52/h6-8,10,12,14-16,20,22-23,27,42H,4-5,9,11,13,17-19H2,1-3H3,(H,40,51)(H,41,43,45)(H,44,50,52). The predicted molar refractivity (Wildman–Crippen MR) is 205 cm³/mol. The van der Waals surface area contributed by atoms with Gasteiger partial charge in [0.25, 0.3) is 11.5 Å². The van der Waals surface area contributed by atoms with Crippen molar-refractivity contribution in [1.82, 2.24) is 34.9 Å². The summed E-state index contributed by atoms with van der Waals surface area (Å²) in [5, 5.41) is 18.8. The zero-order valence-corrected chi connectivity index (χ0v) is 30.9. The lowest BCUT2D eigenvalue weighted by molar-refractivity contribution is -0.134. The number of pyridine rings is 1. The molecule has 0 spiro atoms. The van der Waals surface area contributed by atoms with Crippen LogP contribution in [-0.4, -0.2) is 74.8 Å². The number of nitrogens with zero attached hydrogens (tertiary/aromatic N) is 6. The summed E-state index contributed by atoms with van der Waals surface area (Å²) in [4.78, 5) is 60.5. The van der Waals surface area contributed by atoms with Crippen LogP contribution in [0.25, 0.3) is 21.8 Å². The number of carbonyl (C=O) groups excluding carboxylic acids is 3. The van der Waals surface area contributed by atoms with E-state index < -0.39 is 5.92 Å². The molecule has 0 bridgehead atoms. The van der Waals surface area contributed by atoms with Gasteiger partial charge < -0.3 is 30.2 Å². The molecule has 0 radical (unpaired) electrons. The van der Waals surface area contributed by atoms with E-state index in [2.05, 4.69) is 48.4 Å². The molecular formula is C38H41ClN10O5. The van der Waals surface area contributed by atoms with Crippen LogP contribution in [0.4, 0.5) is 23.1 Å².